The third kappa shape index (κ3) is 3.05. The average Bonchev–Trinajstić information content (AvgIpc) is 2.87. The van der Waals surface area contributed by atoms with Crippen molar-refractivity contribution in [2.24, 2.45) is 0 Å². The highest BCUT2D eigenvalue weighted by Gasteiger charge is 2.23. The van der Waals surface area contributed by atoms with Gasteiger partial charge in [-0.05, 0) is 69.3 Å². The number of hydrogen-bond donors (Lipinski definition) is 2. The topological polar surface area (TPSA) is 58.2 Å². The van der Waals surface area contributed by atoms with Crippen LogP contribution in [-0.2, 0) is 10.0 Å². The van der Waals surface area contributed by atoms with Crippen molar-refractivity contribution in [3.05, 3.63) is 28.3 Å². The van der Waals surface area contributed by atoms with E-state index in [1.54, 1.807) is 0 Å². The molecule has 1 heterocycles. The van der Waals surface area contributed by atoms with E-state index in [1.807, 2.05) is 33.8 Å². The zero-order valence-corrected chi connectivity index (χ0v) is 13.5. The lowest BCUT2D eigenvalue weighted by Gasteiger charge is -2.17. The number of rotatable bonds is 4. The molecule has 1 atom stereocenters. The Hall–Kier alpha value is -0.910. The molecule has 5 heteroatoms. The molecule has 4 nitrogen and oxygen atoms in total. The van der Waals surface area contributed by atoms with Crippen molar-refractivity contribution in [3.8, 4) is 0 Å². The Labute approximate surface area is 122 Å². The summed E-state index contributed by atoms with van der Waals surface area (Å²) < 4.78 is 28.0. The quantitative estimate of drug-likeness (QED) is 0.893. The second kappa shape index (κ2) is 5.84. The lowest BCUT2D eigenvalue weighted by molar-refractivity contribution is 0.550. The Kier molecular flexibility index (Phi) is 4.52. The predicted molar refractivity (Wildman–Crippen MR) is 81.6 cm³/mol. The second-order valence-corrected chi connectivity index (χ2v) is 7.44. The average molecular weight is 296 g/mol. The van der Waals surface area contributed by atoms with Crippen LogP contribution in [0.5, 0.6) is 0 Å². The molecule has 1 aromatic carbocycles. The Morgan fingerprint density at radius 3 is 2.30 bits per heavy atom. The molecular weight excluding hydrogens is 272 g/mol. The van der Waals surface area contributed by atoms with Crippen LogP contribution in [0.3, 0.4) is 0 Å². The maximum Gasteiger partial charge on any atom is 0.241 e. The van der Waals surface area contributed by atoms with Crippen LogP contribution >= 0.6 is 0 Å². The van der Waals surface area contributed by atoms with Crippen LogP contribution in [0.4, 0.5) is 0 Å². The molecule has 1 fully saturated rings. The molecule has 0 aliphatic carbocycles. The van der Waals surface area contributed by atoms with Crippen LogP contribution in [0.2, 0.25) is 0 Å². The van der Waals surface area contributed by atoms with Crippen molar-refractivity contribution in [1.82, 2.24) is 10.0 Å². The van der Waals surface area contributed by atoms with Crippen molar-refractivity contribution < 1.29 is 8.42 Å². The molecule has 1 aliphatic rings. The van der Waals surface area contributed by atoms with E-state index >= 15 is 0 Å². The zero-order valence-electron chi connectivity index (χ0n) is 12.7. The van der Waals surface area contributed by atoms with E-state index in [2.05, 4.69) is 10.0 Å². The molecule has 0 radical (unpaired) electrons. The molecule has 1 saturated heterocycles. The third-order valence-electron chi connectivity index (χ3n) is 4.25. The van der Waals surface area contributed by atoms with Gasteiger partial charge in [0.1, 0.15) is 0 Å². The van der Waals surface area contributed by atoms with Gasteiger partial charge >= 0.3 is 0 Å². The first kappa shape index (κ1) is 15.5. The molecule has 1 aliphatic heterocycles. The number of sulfonamides is 1. The molecule has 20 heavy (non-hydrogen) atoms. The van der Waals surface area contributed by atoms with Crippen molar-refractivity contribution >= 4 is 10.0 Å². The van der Waals surface area contributed by atoms with Crippen LogP contribution in [0, 0.1) is 27.7 Å². The van der Waals surface area contributed by atoms with E-state index < -0.39 is 10.0 Å². The summed E-state index contributed by atoms with van der Waals surface area (Å²) in [5, 5.41) is 3.31. The summed E-state index contributed by atoms with van der Waals surface area (Å²) in [5.74, 6) is 0. The summed E-state index contributed by atoms with van der Waals surface area (Å²) >= 11 is 0. The van der Waals surface area contributed by atoms with Crippen LogP contribution in [0.25, 0.3) is 0 Å². The van der Waals surface area contributed by atoms with Gasteiger partial charge in [0.15, 0.2) is 0 Å². The fraction of sp³-hybridized carbons (Fsp3) is 0.600. The van der Waals surface area contributed by atoms with Gasteiger partial charge in [-0.1, -0.05) is 6.07 Å². The molecule has 0 aromatic heterocycles. The maximum atomic E-state index is 12.6. The van der Waals surface area contributed by atoms with Crippen LogP contribution in [0.1, 0.15) is 35.1 Å². The summed E-state index contributed by atoms with van der Waals surface area (Å²) in [6, 6.07) is 2.30. The molecule has 0 amide bonds. The van der Waals surface area contributed by atoms with E-state index in [4.69, 9.17) is 0 Å². The highest BCUT2D eigenvalue weighted by molar-refractivity contribution is 7.89. The maximum absolute atomic E-state index is 12.6. The first-order chi connectivity index (χ1) is 9.33. The predicted octanol–water partition coefficient (Wildman–Crippen LogP) is 1.95. The molecule has 1 aromatic rings. The second-order valence-electron chi connectivity index (χ2n) is 5.73. The van der Waals surface area contributed by atoms with Gasteiger partial charge in [-0.15, -0.1) is 0 Å². The molecule has 0 bridgehead atoms. The SMILES string of the molecule is Cc1cc(C)c(C)c(S(=O)(=O)NCC2CCCN2)c1C. The summed E-state index contributed by atoms with van der Waals surface area (Å²) in [5.41, 5.74) is 3.74. The minimum absolute atomic E-state index is 0.260. The fourth-order valence-electron chi connectivity index (χ4n) is 2.80. The van der Waals surface area contributed by atoms with Crippen molar-refractivity contribution in [3.63, 3.8) is 0 Å². The first-order valence-corrected chi connectivity index (χ1v) is 8.61. The van der Waals surface area contributed by atoms with Crippen LogP contribution < -0.4 is 10.0 Å². The molecular formula is C15H24N2O2S. The van der Waals surface area contributed by atoms with Crippen LogP contribution in [0.15, 0.2) is 11.0 Å². The number of hydrogen-bond acceptors (Lipinski definition) is 3. The summed E-state index contributed by atoms with van der Waals surface area (Å²) in [6.45, 7) is 9.12. The fourth-order valence-corrected chi connectivity index (χ4v) is 4.49. The highest BCUT2D eigenvalue weighted by Crippen LogP contribution is 2.25. The van der Waals surface area contributed by atoms with Gasteiger partial charge in [-0.2, -0.15) is 0 Å². The van der Waals surface area contributed by atoms with Gasteiger partial charge in [0.2, 0.25) is 10.0 Å². The highest BCUT2D eigenvalue weighted by atomic mass is 32.2. The standard InChI is InChI=1S/C15H24N2O2S/c1-10-8-11(2)13(4)15(12(10)3)20(18,19)17-9-14-6-5-7-16-14/h8,14,16-17H,5-7,9H2,1-4H3. The molecule has 2 rings (SSSR count). The van der Waals surface area contributed by atoms with Gasteiger partial charge < -0.3 is 5.32 Å². The Morgan fingerprint density at radius 1 is 1.20 bits per heavy atom. The number of nitrogens with one attached hydrogen (secondary N) is 2. The normalized spacial score (nSPS) is 19.5. The third-order valence-corrected chi connectivity index (χ3v) is 5.94. The summed E-state index contributed by atoms with van der Waals surface area (Å²) in [6.07, 6.45) is 2.15. The lowest BCUT2D eigenvalue weighted by Crippen LogP contribution is -2.37. The van der Waals surface area contributed by atoms with E-state index in [-0.39, 0.29) is 6.04 Å². The monoisotopic (exact) mass is 296 g/mol. The van der Waals surface area contributed by atoms with E-state index in [9.17, 15) is 8.42 Å². The number of aryl methyl sites for hydroxylation is 2. The molecule has 0 spiro atoms. The molecule has 112 valence electrons. The lowest BCUT2D eigenvalue weighted by atomic mass is 10.0. The molecule has 2 N–H and O–H groups in total. The minimum atomic E-state index is -3.44. The van der Waals surface area contributed by atoms with E-state index in [0.717, 1.165) is 41.6 Å². The zero-order chi connectivity index (χ0) is 14.9. The van der Waals surface area contributed by atoms with Gasteiger partial charge in [0.05, 0.1) is 4.90 Å². The summed E-state index contributed by atoms with van der Waals surface area (Å²) in [4.78, 5) is 0.452. The van der Waals surface area contributed by atoms with Gasteiger partial charge in [-0.3, -0.25) is 0 Å². The van der Waals surface area contributed by atoms with Gasteiger partial charge in [0.25, 0.3) is 0 Å². The molecule has 1 unspecified atom stereocenters. The smallest absolute Gasteiger partial charge is 0.241 e. The minimum Gasteiger partial charge on any atom is -0.313 e. The van der Waals surface area contributed by atoms with E-state index in [1.165, 1.54) is 0 Å². The van der Waals surface area contributed by atoms with Crippen molar-refractivity contribution in [1.29, 1.82) is 0 Å². The van der Waals surface area contributed by atoms with Gasteiger partial charge in [-0.25, -0.2) is 13.1 Å². The first-order valence-electron chi connectivity index (χ1n) is 7.13. The van der Waals surface area contributed by atoms with Crippen molar-refractivity contribution in [2.45, 2.75) is 51.5 Å². The Bertz CT molecular complexity index is 577. The van der Waals surface area contributed by atoms with Crippen LogP contribution in [-0.4, -0.2) is 27.5 Å². The molecule has 0 saturated carbocycles. The van der Waals surface area contributed by atoms with E-state index in [0.29, 0.717) is 11.4 Å². The van der Waals surface area contributed by atoms with Gasteiger partial charge in [0, 0.05) is 12.6 Å². The summed E-state index contributed by atoms with van der Waals surface area (Å²) in [7, 11) is -3.44. The largest absolute Gasteiger partial charge is 0.313 e. The van der Waals surface area contributed by atoms with Crippen molar-refractivity contribution in [2.75, 3.05) is 13.1 Å². The Morgan fingerprint density at radius 2 is 1.80 bits per heavy atom. The Balaban J connectivity index is 2.29. The number of benzene rings is 1.